The quantitative estimate of drug-likeness (QED) is 0.675. The summed E-state index contributed by atoms with van der Waals surface area (Å²) in [6.45, 7) is 2.84. The van der Waals surface area contributed by atoms with Crippen LogP contribution in [0.3, 0.4) is 0 Å². The Labute approximate surface area is 94.3 Å². The van der Waals surface area contributed by atoms with E-state index in [-0.39, 0.29) is 17.9 Å². The standard InChI is InChI=1S/C10H17NO3S/c1-3-14-10(13)8-5-4-6-11(8)9(12)7-15-2/h8H,3-7H2,1-2H3. The van der Waals surface area contributed by atoms with E-state index in [0.717, 1.165) is 12.8 Å². The Kier molecular flexibility index (Phi) is 4.94. The first-order chi connectivity index (χ1) is 7.20. The molecule has 5 heteroatoms. The van der Waals surface area contributed by atoms with Crippen LogP contribution in [0.15, 0.2) is 0 Å². The van der Waals surface area contributed by atoms with Crippen molar-refractivity contribution in [1.29, 1.82) is 0 Å². The molecule has 0 bridgehead atoms. The van der Waals surface area contributed by atoms with Crippen LogP contribution in [0.4, 0.5) is 0 Å². The van der Waals surface area contributed by atoms with E-state index >= 15 is 0 Å². The summed E-state index contributed by atoms with van der Waals surface area (Å²) in [5.74, 6) is 0.220. The molecule has 0 N–H and O–H groups in total. The molecule has 0 saturated carbocycles. The fourth-order valence-corrected chi connectivity index (χ4v) is 2.17. The maximum Gasteiger partial charge on any atom is 0.328 e. The Hall–Kier alpha value is -0.710. The van der Waals surface area contributed by atoms with Crippen LogP contribution in [0, 0.1) is 0 Å². The van der Waals surface area contributed by atoms with E-state index in [9.17, 15) is 9.59 Å². The maximum absolute atomic E-state index is 11.7. The highest BCUT2D eigenvalue weighted by Gasteiger charge is 2.34. The first kappa shape index (κ1) is 12.4. The highest BCUT2D eigenvalue weighted by molar-refractivity contribution is 7.99. The lowest BCUT2D eigenvalue weighted by atomic mass is 10.2. The second-order valence-corrected chi connectivity index (χ2v) is 4.30. The second-order valence-electron chi connectivity index (χ2n) is 3.43. The Morgan fingerprint density at radius 3 is 2.87 bits per heavy atom. The summed E-state index contributed by atoms with van der Waals surface area (Å²) in [7, 11) is 0. The molecule has 1 amide bonds. The van der Waals surface area contributed by atoms with Gasteiger partial charge in [0.25, 0.3) is 0 Å². The van der Waals surface area contributed by atoms with Crippen LogP contribution < -0.4 is 0 Å². The fraction of sp³-hybridized carbons (Fsp3) is 0.800. The van der Waals surface area contributed by atoms with Gasteiger partial charge in [-0.15, -0.1) is 0 Å². The van der Waals surface area contributed by atoms with Gasteiger partial charge in [-0.1, -0.05) is 0 Å². The normalized spacial score (nSPS) is 20.4. The van der Waals surface area contributed by atoms with Crippen molar-refractivity contribution >= 4 is 23.6 Å². The van der Waals surface area contributed by atoms with Crippen molar-refractivity contribution < 1.29 is 14.3 Å². The summed E-state index contributed by atoms with van der Waals surface area (Å²) in [4.78, 5) is 24.9. The number of carbonyl (C=O) groups excluding carboxylic acids is 2. The van der Waals surface area contributed by atoms with Crippen molar-refractivity contribution in [2.24, 2.45) is 0 Å². The molecule has 0 aliphatic carbocycles. The van der Waals surface area contributed by atoms with E-state index in [1.165, 1.54) is 11.8 Å². The number of esters is 1. The van der Waals surface area contributed by atoms with Gasteiger partial charge in [-0.25, -0.2) is 4.79 Å². The molecule has 1 rings (SSSR count). The van der Waals surface area contributed by atoms with Gasteiger partial charge in [-0.05, 0) is 26.0 Å². The van der Waals surface area contributed by atoms with Gasteiger partial charge in [0, 0.05) is 6.54 Å². The lowest BCUT2D eigenvalue weighted by Gasteiger charge is -2.22. The predicted molar refractivity (Wildman–Crippen MR) is 59.8 cm³/mol. The minimum atomic E-state index is -0.343. The molecule has 4 nitrogen and oxygen atoms in total. The Bertz CT molecular complexity index is 221. The largest absolute Gasteiger partial charge is 0.464 e. The molecular weight excluding hydrogens is 214 g/mol. The summed E-state index contributed by atoms with van der Waals surface area (Å²) in [5.41, 5.74) is 0. The molecule has 0 radical (unpaired) electrons. The molecule has 0 aromatic heterocycles. The van der Waals surface area contributed by atoms with Crippen LogP contribution in [-0.4, -0.2) is 48.0 Å². The SMILES string of the molecule is CCOC(=O)C1CCCN1C(=O)CSC. The van der Waals surface area contributed by atoms with E-state index in [0.29, 0.717) is 18.9 Å². The zero-order chi connectivity index (χ0) is 11.3. The molecule has 1 fully saturated rings. The van der Waals surface area contributed by atoms with Crippen LogP contribution in [0.2, 0.25) is 0 Å². The predicted octanol–water partition coefficient (Wildman–Crippen LogP) is 0.903. The van der Waals surface area contributed by atoms with Gasteiger partial charge < -0.3 is 9.64 Å². The number of hydrogen-bond acceptors (Lipinski definition) is 4. The van der Waals surface area contributed by atoms with Gasteiger partial charge in [-0.3, -0.25) is 4.79 Å². The molecule has 1 atom stereocenters. The fourth-order valence-electron chi connectivity index (χ4n) is 1.76. The zero-order valence-electron chi connectivity index (χ0n) is 9.19. The number of likely N-dealkylation sites (tertiary alicyclic amines) is 1. The molecule has 1 aliphatic rings. The number of hydrogen-bond donors (Lipinski definition) is 0. The van der Waals surface area contributed by atoms with Gasteiger partial charge in [0.15, 0.2) is 0 Å². The molecule has 1 saturated heterocycles. The molecule has 1 unspecified atom stereocenters. The smallest absolute Gasteiger partial charge is 0.328 e. The Balaban J connectivity index is 2.56. The molecule has 0 spiro atoms. The summed E-state index contributed by atoms with van der Waals surface area (Å²) < 4.78 is 4.94. The van der Waals surface area contributed by atoms with Crippen molar-refractivity contribution in [2.45, 2.75) is 25.8 Å². The van der Waals surface area contributed by atoms with Crippen molar-refractivity contribution in [3.05, 3.63) is 0 Å². The van der Waals surface area contributed by atoms with Gasteiger partial charge in [-0.2, -0.15) is 11.8 Å². The number of ether oxygens (including phenoxy) is 1. The van der Waals surface area contributed by atoms with Gasteiger partial charge in [0.05, 0.1) is 12.4 Å². The summed E-state index contributed by atoms with van der Waals surface area (Å²) >= 11 is 1.48. The van der Waals surface area contributed by atoms with Crippen LogP contribution in [-0.2, 0) is 14.3 Å². The van der Waals surface area contributed by atoms with Crippen LogP contribution >= 0.6 is 11.8 Å². The molecule has 0 aromatic carbocycles. The highest BCUT2D eigenvalue weighted by Crippen LogP contribution is 2.19. The molecule has 15 heavy (non-hydrogen) atoms. The number of carbonyl (C=O) groups is 2. The molecule has 86 valence electrons. The average molecular weight is 231 g/mol. The Morgan fingerprint density at radius 1 is 1.53 bits per heavy atom. The minimum absolute atomic E-state index is 0.0399. The lowest BCUT2D eigenvalue weighted by molar-refractivity contribution is -0.152. The first-order valence-electron chi connectivity index (χ1n) is 5.15. The van der Waals surface area contributed by atoms with Crippen molar-refractivity contribution in [3.8, 4) is 0 Å². The molecular formula is C10H17NO3S. The number of amides is 1. The molecule has 1 heterocycles. The summed E-state index contributed by atoms with van der Waals surface area (Å²) in [5, 5.41) is 0. The second kappa shape index (κ2) is 6.00. The van der Waals surface area contributed by atoms with E-state index in [1.54, 1.807) is 11.8 Å². The van der Waals surface area contributed by atoms with Crippen LogP contribution in [0.5, 0.6) is 0 Å². The van der Waals surface area contributed by atoms with Crippen LogP contribution in [0.25, 0.3) is 0 Å². The van der Waals surface area contributed by atoms with E-state index in [1.807, 2.05) is 6.26 Å². The number of nitrogens with zero attached hydrogens (tertiary/aromatic N) is 1. The third-order valence-electron chi connectivity index (χ3n) is 2.40. The average Bonchev–Trinajstić information content (AvgIpc) is 2.66. The third kappa shape index (κ3) is 3.12. The molecule has 0 aromatic rings. The van der Waals surface area contributed by atoms with E-state index in [4.69, 9.17) is 4.74 Å². The van der Waals surface area contributed by atoms with Gasteiger partial charge >= 0.3 is 5.97 Å². The van der Waals surface area contributed by atoms with Crippen molar-refractivity contribution in [2.75, 3.05) is 25.2 Å². The summed E-state index contributed by atoms with van der Waals surface area (Å²) in [6, 6.07) is -0.343. The maximum atomic E-state index is 11.7. The van der Waals surface area contributed by atoms with Crippen molar-refractivity contribution in [1.82, 2.24) is 4.90 Å². The lowest BCUT2D eigenvalue weighted by Crippen LogP contribution is -2.42. The van der Waals surface area contributed by atoms with Crippen LogP contribution in [0.1, 0.15) is 19.8 Å². The number of rotatable bonds is 4. The van der Waals surface area contributed by atoms with E-state index < -0.39 is 0 Å². The minimum Gasteiger partial charge on any atom is -0.464 e. The topological polar surface area (TPSA) is 46.6 Å². The van der Waals surface area contributed by atoms with Gasteiger partial charge in [0.2, 0.25) is 5.91 Å². The zero-order valence-corrected chi connectivity index (χ0v) is 10.0. The van der Waals surface area contributed by atoms with Crippen molar-refractivity contribution in [3.63, 3.8) is 0 Å². The monoisotopic (exact) mass is 231 g/mol. The Morgan fingerprint density at radius 2 is 2.27 bits per heavy atom. The third-order valence-corrected chi connectivity index (χ3v) is 2.94. The summed E-state index contributed by atoms with van der Waals surface area (Å²) in [6.07, 6.45) is 3.51. The van der Waals surface area contributed by atoms with Gasteiger partial charge in [0.1, 0.15) is 6.04 Å². The van der Waals surface area contributed by atoms with E-state index in [2.05, 4.69) is 0 Å². The number of thioether (sulfide) groups is 1. The highest BCUT2D eigenvalue weighted by atomic mass is 32.2. The first-order valence-corrected chi connectivity index (χ1v) is 6.55. The molecule has 1 aliphatic heterocycles.